The summed E-state index contributed by atoms with van der Waals surface area (Å²) in [4.78, 5) is 28.9. The minimum absolute atomic E-state index is 0.0220. The van der Waals surface area contributed by atoms with Crippen molar-refractivity contribution in [1.82, 2.24) is 15.1 Å². The maximum atomic E-state index is 12.7. The van der Waals surface area contributed by atoms with Crippen LogP contribution in [0, 0.1) is 0 Å². The molecule has 6 nitrogen and oxygen atoms in total. The third-order valence-corrected chi connectivity index (χ3v) is 4.78. The molecule has 1 N–H and O–H groups in total. The first-order valence-electron chi connectivity index (χ1n) is 9.69. The number of likely N-dealkylation sites (N-methyl/N-ethyl adjacent to an activating group) is 1. The summed E-state index contributed by atoms with van der Waals surface area (Å²) >= 11 is 0. The van der Waals surface area contributed by atoms with Crippen molar-refractivity contribution < 1.29 is 14.3 Å². The molecular weight excluding hydrogens is 354 g/mol. The zero-order valence-electron chi connectivity index (χ0n) is 17.1. The molecule has 1 aromatic carbocycles. The van der Waals surface area contributed by atoms with Gasteiger partial charge in [0.15, 0.2) is 0 Å². The average Bonchev–Trinajstić information content (AvgIpc) is 2.68. The third kappa shape index (κ3) is 5.96. The van der Waals surface area contributed by atoms with E-state index >= 15 is 0 Å². The molecule has 0 aliphatic carbocycles. The van der Waals surface area contributed by atoms with Crippen molar-refractivity contribution in [2.75, 3.05) is 39.8 Å². The minimum Gasteiger partial charge on any atom is -0.496 e. The van der Waals surface area contributed by atoms with Gasteiger partial charge in [0, 0.05) is 38.3 Å². The number of amides is 2. The molecule has 6 heteroatoms. The van der Waals surface area contributed by atoms with Gasteiger partial charge in [0.1, 0.15) is 5.75 Å². The van der Waals surface area contributed by atoms with Crippen molar-refractivity contribution in [1.29, 1.82) is 0 Å². The summed E-state index contributed by atoms with van der Waals surface area (Å²) in [5, 5.41) is 2.88. The maximum Gasteiger partial charge on any atom is 0.237 e. The fourth-order valence-electron chi connectivity index (χ4n) is 3.32. The molecular formula is C22H31N3O3. The van der Waals surface area contributed by atoms with E-state index in [1.54, 1.807) is 12.0 Å². The Balaban J connectivity index is 2.05. The van der Waals surface area contributed by atoms with Gasteiger partial charge < -0.3 is 15.0 Å². The Labute approximate surface area is 167 Å². The average molecular weight is 386 g/mol. The largest absolute Gasteiger partial charge is 0.496 e. The lowest BCUT2D eigenvalue weighted by Gasteiger charge is -2.35. The molecule has 0 bridgehead atoms. The highest BCUT2D eigenvalue weighted by Gasteiger charge is 2.32. The number of nitrogens with zero attached hydrogens (tertiary/aromatic N) is 2. The fourth-order valence-corrected chi connectivity index (χ4v) is 3.32. The topological polar surface area (TPSA) is 61.9 Å². The van der Waals surface area contributed by atoms with Gasteiger partial charge in [0.2, 0.25) is 11.8 Å². The van der Waals surface area contributed by atoms with Crippen molar-refractivity contribution >= 4 is 17.9 Å². The van der Waals surface area contributed by atoms with Crippen molar-refractivity contribution in [3.05, 3.63) is 48.1 Å². The highest BCUT2D eigenvalue weighted by molar-refractivity contribution is 5.89. The van der Waals surface area contributed by atoms with E-state index in [0.29, 0.717) is 32.7 Å². The molecule has 0 saturated carbocycles. The Bertz CT molecular complexity index is 729. The fraction of sp³-hybridized carbons (Fsp3) is 0.455. The number of piperazine rings is 1. The molecule has 1 fully saturated rings. The summed E-state index contributed by atoms with van der Waals surface area (Å²) in [5.74, 6) is 0.697. The van der Waals surface area contributed by atoms with Crippen molar-refractivity contribution in [3.8, 4) is 5.75 Å². The Morgan fingerprint density at radius 1 is 1.43 bits per heavy atom. The molecule has 1 saturated heterocycles. The number of carbonyl (C=O) groups is 2. The molecule has 28 heavy (non-hydrogen) atoms. The summed E-state index contributed by atoms with van der Waals surface area (Å²) in [6.07, 6.45) is 4.18. The molecule has 1 aliphatic heterocycles. The summed E-state index contributed by atoms with van der Waals surface area (Å²) < 4.78 is 5.36. The van der Waals surface area contributed by atoms with Crippen LogP contribution in [0.3, 0.4) is 0 Å². The molecule has 1 atom stereocenters. The predicted octanol–water partition coefficient (Wildman–Crippen LogP) is 2.32. The lowest BCUT2D eigenvalue weighted by molar-refractivity contribution is -0.138. The zero-order valence-corrected chi connectivity index (χ0v) is 17.1. The number of methoxy groups -OCH3 is 1. The van der Waals surface area contributed by atoms with Gasteiger partial charge in [-0.05, 0) is 19.9 Å². The van der Waals surface area contributed by atoms with Crippen LogP contribution in [0.2, 0.25) is 0 Å². The predicted molar refractivity (Wildman–Crippen MR) is 112 cm³/mol. The van der Waals surface area contributed by atoms with Gasteiger partial charge >= 0.3 is 0 Å². The van der Waals surface area contributed by atoms with Gasteiger partial charge in [-0.1, -0.05) is 42.5 Å². The van der Waals surface area contributed by atoms with E-state index in [-0.39, 0.29) is 18.2 Å². The lowest BCUT2D eigenvalue weighted by Crippen LogP contribution is -2.56. The SMILES string of the molecule is C=C(C)CN(CC)C(=O)C[C@@H]1C(=O)NCCN1C/C=C/c1ccccc1OC. The van der Waals surface area contributed by atoms with Crippen molar-refractivity contribution in [2.45, 2.75) is 26.3 Å². The van der Waals surface area contributed by atoms with Crippen LogP contribution in [0.1, 0.15) is 25.8 Å². The number of ether oxygens (including phenoxy) is 1. The number of carbonyl (C=O) groups excluding carboxylic acids is 2. The third-order valence-electron chi connectivity index (χ3n) is 4.78. The number of hydrogen-bond acceptors (Lipinski definition) is 4. The first-order valence-corrected chi connectivity index (χ1v) is 9.69. The summed E-state index contributed by atoms with van der Waals surface area (Å²) in [5.41, 5.74) is 1.91. The Morgan fingerprint density at radius 2 is 2.18 bits per heavy atom. The van der Waals surface area contributed by atoms with Crippen LogP contribution < -0.4 is 10.1 Å². The quantitative estimate of drug-likeness (QED) is 0.663. The van der Waals surface area contributed by atoms with Crippen LogP contribution in [0.15, 0.2) is 42.5 Å². The second kappa shape index (κ2) is 10.7. The number of benzene rings is 1. The van der Waals surface area contributed by atoms with Crippen LogP contribution in [-0.4, -0.2) is 67.5 Å². The molecule has 1 aliphatic rings. The van der Waals surface area contributed by atoms with E-state index < -0.39 is 6.04 Å². The second-order valence-corrected chi connectivity index (χ2v) is 7.02. The number of hydrogen-bond donors (Lipinski definition) is 1. The van der Waals surface area contributed by atoms with Gasteiger partial charge in [0.05, 0.1) is 19.6 Å². The highest BCUT2D eigenvalue weighted by Crippen LogP contribution is 2.19. The summed E-state index contributed by atoms with van der Waals surface area (Å²) in [6.45, 7) is 10.8. The first kappa shape index (κ1) is 21.7. The van der Waals surface area contributed by atoms with Gasteiger partial charge in [0.25, 0.3) is 0 Å². The lowest BCUT2D eigenvalue weighted by atomic mass is 10.1. The van der Waals surface area contributed by atoms with Gasteiger partial charge in [-0.3, -0.25) is 14.5 Å². The van der Waals surface area contributed by atoms with Crippen LogP contribution in [0.25, 0.3) is 6.08 Å². The Hall–Kier alpha value is -2.60. The zero-order chi connectivity index (χ0) is 20.5. The normalized spacial score (nSPS) is 17.4. The van der Waals surface area contributed by atoms with E-state index in [9.17, 15) is 9.59 Å². The molecule has 1 aromatic rings. The van der Waals surface area contributed by atoms with Gasteiger partial charge in [-0.25, -0.2) is 0 Å². The molecule has 152 valence electrons. The smallest absolute Gasteiger partial charge is 0.237 e. The monoisotopic (exact) mass is 385 g/mol. The van der Waals surface area contributed by atoms with Crippen molar-refractivity contribution in [3.63, 3.8) is 0 Å². The van der Waals surface area contributed by atoms with E-state index in [2.05, 4.69) is 16.8 Å². The molecule has 1 heterocycles. The number of para-hydroxylation sites is 1. The standard InChI is InChI=1S/C22H31N3O3/c1-5-24(16-17(2)3)21(26)15-19-22(27)23-12-14-25(19)13-8-10-18-9-6-7-11-20(18)28-4/h6-11,19H,2,5,12-16H2,1,3-4H3,(H,23,27)/b10-8+/t19-/m1/s1. The second-order valence-electron chi connectivity index (χ2n) is 7.02. The van der Waals surface area contributed by atoms with E-state index in [0.717, 1.165) is 16.9 Å². The molecule has 0 radical (unpaired) electrons. The van der Waals surface area contributed by atoms with Crippen molar-refractivity contribution in [2.24, 2.45) is 0 Å². The van der Waals surface area contributed by atoms with Gasteiger partial charge in [-0.15, -0.1) is 0 Å². The molecule has 2 rings (SSSR count). The Kier molecular flexibility index (Phi) is 8.26. The molecule has 2 amide bonds. The number of rotatable bonds is 9. The van der Waals surface area contributed by atoms with Crippen LogP contribution in [0.5, 0.6) is 5.75 Å². The number of nitrogens with one attached hydrogen (secondary N) is 1. The van der Waals surface area contributed by atoms with Crippen LogP contribution in [0.4, 0.5) is 0 Å². The van der Waals surface area contributed by atoms with Gasteiger partial charge in [-0.2, -0.15) is 0 Å². The molecule has 0 unspecified atom stereocenters. The molecule has 0 aromatic heterocycles. The Morgan fingerprint density at radius 3 is 2.86 bits per heavy atom. The highest BCUT2D eigenvalue weighted by atomic mass is 16.5. The van der Waals surface area contributed by atoms with E-state index in [1.165, 1.54) is 0 Å². The minimum atomic E-state index is -0.456. The van der Waals surface area contributed by atoms with Crippen LogP contribution >= 0.6 is 0 Å². The first-order chi connectivity index (χ1) is 13.5. The van der Waals surface area contributed by atoms with E-state index in [1.807, 2.05) is 50.3 Å². The summed E-state index contributed by atoms with van der Waals surface area (Å²) in [6, 6.07) is 7.32. The summed E-state index contributed by atoms with van der Waals surface area (Å²) in [7, 11) is 1.65. The van der Waals surface area contributed by atoms with E-state index in [4.69, 9.17) is 4.74 Å². The maximum absolute atomic E-state index is 12.7. The molecule has 0 spiro atoms. The van der Waals surface area contributed by atoms with Crippen LogP contribution in [-0.2, 0) is 9.59 Å².